The van der Waals surface area contributed by atoms with Crippen LogP contribution in [0.5, 0.6) is 0 Å². The first-order valence-corrected chi connectivity index (χ1v) is 9.88. The van der Waals surface area contributed by atoms with E-state index in [1.165, 1.54) is 0 Å². The third kappa shape index (κ3) is 3.37. The molecular formula is C23H26N4O. The molecule has 144 valence electrons. The Morgan fingerprint density at radius 1 is 1.14 bits per heavy atom. The van der Waals surface area contributed by atoms with Gasteiger partial charge in [0.05, 0.1) is 16.8 Å². The third-order valence-corrected chi connectivity index (χ3v) is 5.38. The van der Waals surface area contributed by atoms with E-state index in [2.05, 4.69) is 37.7 Å². The van der Waals surface area contributed by atoms with Crippen molar-refractivity contribution in [3.05, 3.63) is 54.1 Å². The van der Waals surface area contributed by atoms with Gasteiger partial charge in [-0.15, -0.1) is 0 Å². The number of hydrogen-bond donors (Lipinski definition) is 0. The number of pyridine rings is 1. The highest BCUT2D eigenvalue weighted by atomic mass is 16.2. The van der Waals surface area contributed by atoms with E-state index in [0.29, 0.717) is 5.56 Å². The summed E-state index contributed by atoms with van der Waals surface area (Å²) in [6, 6.07) is 10.00. The zero-order valence-electron chi connectivity index (χ0n) is 16.9. The molecule has 0 bridgehead atoms. The molecule has 1 aliphatic rings. The van der Waals surface area contributed by atoms with E-state index in [9.17, 15) is 4.79 Å². The normalized spacial score (nSPS) is 17.3. The first kappa shape index (κ1) is 18.5. The highest BCUT2D eigenvalue weighted by Crippen LogP contribution is 2.28. The Morgan fingerprint density at radius 2 is 1.86 bits per heavy atom. The van der Waals surface area contributed by atoms with Crippen LogP contribution in [0.3, 0.4) is 0 Å². The summed E-state index contributed by atoms with van der Waals surface area (Å²) in [6.45, 7) is 9.20. The Hall–Kier alpha value is -2.82. The van der Waals surface area contributed by atoms with E-state index >= 15 is 0 Å². The number of para-hydroxylation sites is 1. The molecule has 0 saturated carbocycles. The summed E-state index contributed by atoms with van der Waals surface area (Å²) in [5.74, 6) is 0.872. The van der Waals surface area contributed by atoms with Crippen molar-refractivity contribution in [2.75, 3.05) is 6.54 Å². The molecule has 5 nitrogen and oxygen atoms in total. The molecule has 1 amide bonds. The second-order valence-electron chi connectivity index (χ2n) is 8.61. The van der Waals surface area contributed by atoms with Crippen LogP contribution in [0, 0.1) is 0 Å². The maximum Gasteiger partial charge on any atom is 0.254 e. The number of fused-ring (bicyclic) bond motifs is 1. The number of carbonyl (C=O) groups is 1. The molecule has 1 fully saturated rings. The molecular weight excluding hydrogens is 348 g/mol. The lowest BCUT2D eigenvalue weighted by molar-refractivity contribution is 0.0749. The van der Waals surface area contributed by atoms with Crippen LogP contribution in [-0.2, 0) is 5.41 Å². The van der Waals surface area contributed by atoms with Crippen LogP contribution in [-0.4, -0.2) is 38.3 Å². The van der Waals surface area contributed by atoms with Gasteiger partial charge < -0.3 is 4.90 Å². The Kier molecular flexibility index (Phi) is 4.61. The van der Waals surface area contributed by atoms with E-state index in [1.54, 1.807) is 12.4 Å². The Bertz CT molecular complexity index is 1020. The lowest BCUT2D eigenvalue weighted by atomic mass is 9.95. The van der Waals surface area contributed by atoms with Gasteiger partial charge in [0.2, 0.25) is 0 Å². The van der Waals surface area contributed by atoms with E-state index < -0.39 is 0 Å². The fourth-order valence-corrected chi connectivity index (χ4v) is 3.74. The summed E-state index contributed by atoms with van der Waals surface area (Å²) in [4.78, 5) is 29.1. The average Bonchev–Trinajstić information content (AvgIpc) is 3.12. The first-order chi connectivity index (χ1) is 13.3. The van der Waals surface area contributed by atoms with Crippen molar-refractivity contribution in [2.45, 2.75) is 52.0 Å². The minimum atomic E-state index is -0.109. The number of carbonyl (C=O) groups excluding carboxylic acids is 1. The second-order valence-corrected chi connectivity index (χ2v) is 8.61. The van der Waals surface area contributed by atoms with E-state index in [0.717, 1.165) is 47.4 Å². The molecule has 0 N–H and O–H groups in total. The van der Waals surface area contributed by atoms with E-state index in [1.807, 2.05) is 35.2 Å². The van der Waals surface area contributed by atoms with Crippen LogP contribution in [0.25, 0.3) is 22.2 Å². The fraction of sp³-hybridized carbons (Fsp3) is 0.391. The van der Waals surface area contributed by atoms with E-state index in [4.69, 9.17) is 4.98 Å². The molecule has 5 heteroatoms. The Balaban J connectivity index is 1.81. The highest BCUT2D eigenvalue weighted by molar-refractivity contribution is 6.07. The smallest absolute Gasteiger partial charge is 0.254 e. The van der Waals surface area contributed by atoms with Crippen molar-refractivity contribution in [2.24, 2.45) is 0 Å². The van der Waals surface area contributed by atoms with Crippen LogP contribution in [0.4, 0.5) is 0 Å². The number of hydrogen-bond acceptors (Lipinski definition) is 4. The van der Waals surface area contributed by atoms with Gasteiger partial charge in [-0.25, -0.2) is 15.0 Å². The molecule has 0 aliphatic carbocycles. The molecule has 3 heterocycles. The Morgan fingerprint density at radius 3 is 2.50 bits per heavy atom. The zero-order chi connectivity index (χ0) is 19.9. The molecule has 0 spiro atoms. The molecule has 1 aliphatic heterocycles. The minimum Gasteiger partial charge on any atom is -0.336 e. The van der Waals surface area contributed by atoms with Gasteiger partial charge in [-0.1, -0.05) is 39.0 Å². The lowest BCUT2D eigenvalue weighted by Crippen LogP contribution is -2.33. The number of nitrogens with zero attached hydrogens (tertiary/aromatic N) is 4. The number of rotatable bonds is 2. The SMILES string of the molecule is CC1CCCN1C(=O)c1cc(-c2cnc(C(C)(C)C)nc2)nc2ccccc12. The number of likely N-dealkylation sites (tertiary alicyclic amines) is 1. The van der Waals surface area contributed by atoms with E-state index in [-0.39, 0.29) is 17.4 Å². The molecule has 1 aromatic carbocycles. The number of aromatic nitrogens is 3. The minimum absolute atomic E-state index is 0.0806. The molecule has 3 aromatic rings. The van der Waals surface area contributed by atoms with Crippen LogP contribution >= 0.6 is 0 Å². The molecule has 1 saturated heterocycles. The highest BCUT2D eigenvalue weighted by Gasteiger charge is 2.27. The van der Waals surface area contributed by atoms with Crippen molar-refractivity contribution in [3.8, 4) is 11.3 Å². The van der Waals surface area contributed by atoms with Gasteiger partial charge in [0, 0.05) is 41.3 Å². The van der Waals surface area contributed by atoms with Gasteiger partial charge in [-0.05, 0) is 31.9 Å². The van der Waals surface area contributed by atoms with Gasteiger partial charge in [-0.2, -0.15) is 0 Å². The quantitative estimate of drug-likeness (QED) is 0.657. The van der Waals surface area contributed by atoms with Gasteiger partial charge in [0.15, 0.2) is 0 Å². The van der Waals surface area contributed by atoms with Crippen LogP contribution in [0.2, 0.25) is 0 Å². The van der Waals surface area contributed by atoms with Crippen LogP contribution < -0.4 is 0 Å². The summed E-state index contributed by atoms with van der Waals surface area (Å²) in [5, 5.41) is 0.891. The third-order valence-electron chi connectivity index (χ3n) is 5.38. The second kappa shape index (κ2) is 6.97. The largest absolute Gasteiger partial charge is 0.336 e. The van der Waals surface area contributed by atoms with Crippen molar-refractivity contribution in [1.82, 2.24) is 19.9 Å². The van der Waals surface area contributed by atoms with Crippen LogP contribution in [0.1, 0.15) is 56.7 Å². The summed E-state index contributed by atoms with van der Waals surface area (Å²) < 4.78 is 0. The number of benzene rings is 1. The predicted molar refractivity (Wildman–Crippen MR) is 111 cm³/mol. The lowest BCUT2D eigenvalue weighted by Gasteiger charge is -2.22. The van der Waals surface area contributed by atoms with Gasteiger partial charge in [-0.3, -0.25) is 4.79 Å². The van der Waals surface area contributed by atoms with Gasteiger partial charge >= 0.3 is 0 Å². The van der Waals surface area contributed by atoms with Crippen molar-refractivity contribution in [1.29, 1.82) is 0 Å². The zero-order valence-corrected chi connectivity index (χ0v) is 16.9. The molecule has 1 unspecified atom stereocenters. The molecule has 4 rings (SSSR count). The van der Waals surface area contributed by atoms with Gasteiger partial charge in [0.25, 0.3) is 5.91 Å². The van der Waals surface area contributed by atoms with Crippen molar-refractivity contribution < 1.29 is 4.79 Å². The average molecular weight is 374 g/mol. The Labute approximate surface area is 165 Å². The standard InChI is InChI=1S/C23H26N4O/c1-15-8-7-11-27(15)21(28)18-12-20(26-19-10-6-5-9-17(18)19)16-13-24-22(25-14-16)23(2,3)4/h5-6,9-10,12-15H,7-8,11H2,1-4H3. The monoisotopic (exact) mass is 374 g/mol. The van der Waals surface area contributed by atoms with Gasteiger partial charge in [0.1, 0.15) is 5.82 Å². The molecule has 0 radical (unpaired) electrons. The topological polar surface area (TPSA) is 59.0 Å². The molecule has 1 atom stereocenters. The fourth-order valence-electron chi connectivity index (χ4n) is 3.74. The molecule has 28 heavy (non-hydrogen) atoms. The summed E-state index contributed by atoms with van der Waals surface area (Å²) in [7, 11) is 0. The predicted octanol–water partition coefficient (Wildman–Crippen LogP) is 4.61. The van der Waals surface area contributed by atoms with Crippen molar-refractivity contribution >= 4 is 16.8 Å². The molecule has 2 aromatic heterocycles. The van der Waals surface area contributed by atoms with Crippen LogP contribution in [0.15, 0.2) is 42.7 Å². The summed E-state index contributed by atoms with van der Waals surface area (Å²) in [5.41, 5.74) is 2.96. The van der Waals surface area contributed by atoms with Crippen molar-refractivity contribution in [3.63, 3.8) is 0 Å². The maximum atomic E-state index is 13.3. The first-order valence-electron chi connectivity index (χ1n) is 9.88. The summed E-state index contributed by atoms with van der Waals surface area (Å²) >= 11 is 0. The maximum absolute atomic E-state index is 13.3. The number of amides is 1. The summed E-state index contributed by atoms with van der Waals surface area (Å²) in [6.07, 6.45) is 5.73.